The van der Waals surface area contributed by atoms with E-state index < -0.39 is 5.79 Å². The Bertz CT molecular complexity index is 800. The van der Waals surface area contributed by atoms with Crippen molar-refractivity contribution in [3.05, 3.63) is 22.9 Å². The third-order valence-electron chi connectivity index (χ3n) is 5.60. The molecule has 0 bridgehead atoms. The van der Waals surface area contributed by atoms with Crippen molar-refractivity contribution in [2.24, 2.45) is 0 Å². The molecule has 0 N–H and O–H groups in total. The fourth-order valence-electron chi connectivity index (χ4n) is 4.18. The highest BCUT2D eigenvalue weighted by Crippen LogP contribution is 2.43. The molecular weight excluding hydrogens is 368 g/mol. The number of piperidine rings is 1. The second-order valence-electron chi connectivity index (χ2n) is 7.47. The van der Waals surface area contributed by atoms with Crippen LogP contribution in [0.15, 0.2) is 22.9 Å². The summed E-state index contributed by atoms with van der Waals surface area (Å²) in [6, 6.07) is 0. The third-order valence-corrected chi connectivity index (χ3v) is 5.60. The van der Waals surface area contributed by atoms with E-state index in [-0.39, 0.29) is 11.8 Å². The molecule has 2 amide bonds. The number of rotatable bonds is 5. The van der Waals surface area contributed by atoms with Gasteiger partial charge in [0, 0.05) is 37.8 Å². The van der Waals surface area contributed by atoms with E-state index >= 15 is 0 Å². The number of hydrogen-bond donors (Lipinski definition) is 0. The van der Waals surface area contributed by atoms with Crippen LogP contribution in [0.1, 0.15) is 45.4 Å². The molecule has 1 spiro atoms. The minimum absolute atomic E-state index is 0.174. The van der Waals surface area contributed by atoms with Crippen molar-refractivity contribution in [2.75, 3.05) is 32.8 Å². The minimum Gasteiger partial charge on any atom is -0.339 e. The monoisotopic (exact) mass is 396 g/mol. The van der Waals surface area contributed by atoms with Gasteiger partial charge >= 0.3 is 0 Å². The normalized spacial score (nSPS) is 22.0. The predicted octanol–water partition coefficient (Wildman–Crippen LogP) is 2.22. The fraction of sp³-hybridized carbons (Fsp3) is 0.565. The number of carbonyl (C=O) groups is 2. The number of carbonyl (C=O) groups excluding carboxylic acids is 2. The lowest BCUT2D eigenvalue weighted by Crippen LogP contribution is -2.51. The van der Waals surface area contributed by atoms with Crippen LogP contribution in [0.5, 0.6) is 0 Å². The first-order chi connectivity index (χ1) is 14.1. The number of nitrogens with zero attached hydrogens (tertiary/aromatic N) is 2. The van der Waals surface area contributed by atoms with Crippen LogP contribution in [0, 0.1) is 24.7 Å². The second kappa shape index (κ2) is 9.31. The predicted molar refractivity (Wildman–Crippen MR) is 109 cm³/mol. The van der Waals surface area contributed by atoms with Crippen molar-refractivity contribution >= 4 is 11.8 Å². The summed E-state index contributed by atoms with van der Waals surface area (Å²) in [5.74, 6) is 2.98. The largest absolute Gasteiger partial charge is 0.339 e. The van der Waals surface area contributed by atoms with Gasteiger partial charge in [-0.1, -0.05) is 5.92 Å². The molecule has 3 aliphatic heterocycles. The van der Waals surface area contributed by atoms with Crippen molar-refractivity contribution in [3.63, 3.8) is 0 Å². The Morgan fingerprint density at radius 2 is 1.86 bits per heavy atom. The molecule has 6 nitrogen and oxygen atoms in total. The Balaban J connectivity index is 2.02. The lowest BCUT2D eigenvalue weighted by Gasteiger charge is -2.36. The van der Waals surface area contributed by atoms with E-state index in [2.05, 4.69) is 11.8 Å². The topological polar surface area (TPSA) is 59.1 Å². The molecule has 0 radical (unpaired) electrons. The van der Waals surface area contributed by atoms with Gasteiger partial charge in [0.15, 0.2) is 0 Å². The Kier molecular flexibility index (Phi) is 6.79. The third kappa shape index (κ3) is 3.96. The number of likely N-dealkylation sites (tertiary alicyclic amines) is 1. The molecule has 0 aromatic carbocycles. The maximum Gasteiger partial charge on any atom is 0.292 e. The van der Waals surface area contributed by atoms with Crippen LogP contribution in [0.25, 0.3) is 0 Å². The van der Waals surface area contributed by atoms with Gasteiger partial charge in [0.05, 0.1) is 24.4 Å². The van der Waals surface area contributed by atoms with E-state index in [1.165, 1.54) is 6.08 Å². The zero-order valence-corrected chi connectivity index (χ0v) is 17.0. The molecular formula is C23H28N2O4. The van der Waals surface area contributed by atoms with Gasteiger partial charge < -0.3 is 19.3 Å². The molecule has 29 heavy (non-hydrogen) atoms. The van der Waals surface area contributed by atoms with Crippen LogP contribution >= 0.6 is 0 Å². The van der Waals surface area contributed by atoms with Crippen LogP contribution in [0.4, 0.5) is 0 Å². The minimum atomic E-state index is -1.60. The lowest BCUT2D eigenvalue weighted by atomic mass is 9.94. The zero-order chi connectivity index (χ0) is 20.9. The number of allylic oxidation sites excluding steroid dienone is 2. The van der Waals surface area contributed by atoms with E-state index in [1.807, 2.05) is 6.92 Å². The molecule has 2 fully saturated rings. The summed E-state index contributed by atoms with van der Waals surface area (Å²) in [6.45, 7) is 4.37. The number of unbranched alkanes of at least 4 members (excludes halogenated alkanes) is 1. The number of hydrogen-bond acceptors (Lipinski definition) is 4. The Labute approximate surface area is 172 Å². The number of terminal acetylenes is 2. The second-order valence-corrected chi connectivity index (χ2v) is 7.47. The molecule has 3 rings (SSSR count). The van der Waals surface area contributed by atoms with Crippen molar-refractivity contribution < 1.29 is 19.1 Å². The van der Waals surface area contributed by atoms with E-state index in [0.29, 0.717) is 69.0 Å². The van der Waals surface area contributed by atoms with E-state index in [9.17, 15) is 9.59 Å². The van der Waals surface area contributed by atoms with Crippen LogP contribution in [0.3, 0.4) is 0 Å². The average molecular weight is 396 g/mol. The molecule has 0 aromatic heterocycles. The summed E-state index contributed by atoms with van der Waals surface area (Å²) in [5, 5.41) is 0. The van der Waals surface area contributed by atoms with Gasteiger partial charge in [-0.2, -0.15) is 0 Å². The van der Waals surface area contributed by atoms with Gasteiger partial charge in [0.1, 0.15) is 0 Å². The van der Waals surface area contributed by atoms with Gasteiger partial charge in [-0.3, -0.25) is 9.59 Å². The standard InChI is InChI=1S/C23H28N2O4/c1-4-6-8-15-25-18(3)20(23(22(25)27)28-16-11-17-29-23)19(12-5-2)21(26)24-13-9-7-10-14-24/h1-2,12H,6-11,13-17H2,3H3/b19-12+. The average Bonchev–Trinajstić information content (AvgIpc) is 2.94. The SMILES string of the molecule is C#C/C=C(/C(=O)N1CCCCC1)C1=C(C)N(CCCC#C)C(=O)C12OCCCO2. The summed E-state index contributed by atoms with van der Waals surface area (Å²) >= 11 is 0. The Morgan fingerprint density at radius 1 is 1.17 bits per heavy atom. The highest BCUT2D eigenvalue weighted by Gasteiger charge is 2.57. The van der Waals surface area contributed by atoms with E-state index in [1.54, 1.807) is 9.80 Å². The summed E-state index contributed by atoms with van der Waals surface area (Å²) < 4.78 is 11.9. The quantitative estimate of drug-likeness (QED) is 0.406. The molecule has 0 aromatic rings. The van der Waals surface area contributed by atoms with Gasteiger partial charge in [-0.15, -0.1) is 18.8 Å². The summed E-state index contributed by atoms with van der Waals surface area (Å²) in [6.07, 6.45) is 17.3. The molecule has 0 saturated carbocycles. The first-order valence-corrected chi connectivity index (χ1v) is 10.3. The molecule has 3 heterocycles. The molecule has 3 aliphatic rings. The van der Waals surface area contributed by atoms with Crippen molar-refractivity contribution in [2.45, 2.75) is 51.2 Å². The summed E-state index contributed by atoms with van der Waals surface area (Å²) in [7, 11) is 0. The highest BCUT2D eigenvalue weighted by molar-refractivity contribution is 6.05. The molecule has 0 atom stereocenters. The molecule has 2 saturated heterocycles. The molecule has 0 unspecified atom stereocenters. The Morgan fingerprint density at radius 3 is 2.48 bits per heavy atom. The Hall–Kier alpha value is -2.54. The molecule has 6 heteroatoms. The lowest BCUT2D eigenvalue weighted by molar-refractivity contribution is -0.235. The van der Waals surface area contributed by atoms with Crippen LogP contribution in [-0.2, 0) is 19.1 Å². The van der Waals surface area contributed by atoms with Crippen LogP contribution in [-0.4, -0.2) is 60.2 Å². The van der Waals surface area contributed by atoms with Crippen molar-refractivity contribution in [1.29, 1.82) is 0 Å². The van der Waals surface area contributed by atoms with Crippen LogP contribution in [0.2, 0.25) is 0 Å². The zero-order valence-electron chi connectivity index (χ0n) is 17.0. The smallest absolute Gasteiger partial charge is 0.292 e. The maximum absolute atomic E-state index is 13.4. The molecule has 154 valence electrons. The van der Waals surface area contributed by atoms with Gasteiger partial charge in [-0.05, 0) is 39.0 Å². The van der Waals surface area contributed by atoms with Gasteiger partial charge in [0.2, 0.25) is 0 Å². The van der Waals surface area contributed by atoms with Gasteiger partial charge in [-0.25, -0.2) is 0 Å². The summed E-state index contributed by atoms with van der Waals surface area (Å²) in [5.41, 5.74) is 1.39. The fourth-order valence-corrected chi connectivity index (χ4v) is 4.18. The van der Waals surface area contributed by atoms with E-state index in [4.69, 9.17) is 22.3 Å². The first-order valence-electron chi connectivity index (χ1n) is 10.3. The van der Waals surface area contributed by atoms with E-state index in [0.717, 1.165) is 19.3 Å². The van der Waals surface area contributed by atoms with Crippen molar-refractivity contribution in [1.82, 2.24) is 9.80 Å². The number of amides is 2. The number of ether oxygens (including phenoxy) is 2. The maximum atomic E-state index is 13.4. The van der Waals surface area contributed by atoms with Crippen molar-refractivity contribution in [3.8, 4) is 24.7 Å². The van der Waals surface area contributed by atoms with Crippen LogP contribution < -0.4 is 0 Å². The molecule has 0 aliphatic carbocycles. The highest BCUT2D eigenvalue weighted by atomic mass is 16.7. The summed E-state index contributed by atoms with van der Waals surface area (Å²) in [4.78, 5) is 30.2. The first kappa shape index (κ1) is 21.2. The van der Waals surface area contributed by atoms with Gasteiger partial charge in [0.25, 0.3) is 17.6 Å².